The molecule has 0 aromatic carbocycles. The van der Waals surface area contributed by atoms with E-state index < -0.39 is 6.08 Å². The summed E-state index contributed by atoms with van der Waals surface area (Å²) in [5.74, 6) is 0.0855. The quantitative estimate of drug-likeness (QED) is 0.724. The van der Waals surface area contributed by atoms with Gasteiger partial charge in [-0.15, -0.1) is 0 Å². The van der Waals surface area contributed by atoms with Crippen LogP contribution in [-0.4, -0.2) is 19.5 Å². The summed E-state index contributed by atoms with van der Waals surface area (Å²) >= 11 is 0. The Morgan fingerprint density at radius 1 is 1.50 bits per heavy atom. The molecule has 14 heavy (non-hydrogen) atoms. The molecule has 0 unspecified atom stereocenters. The molecule has 74 valence electrons. The predicted molar refractivity (Wildman–Crippen MR) is 50.0 cm³/mol. The molecule has 0 aliphatic carbocycles. The molecule has 2 aromatic rings. The van der Waals surface area contributed by atoms with Gasteiger partial charge in [0, 0.05) is 6.54 Å². The van der Waals surface area contributed by atoms with Crippen molar-refractivity contribution in [3.05, 3.63) is 12.4 Å². The van der Waals surface area contributed by atoms with Crippen molar-refractivity contribution < 1.29 is 4.39 Å². The topological polar surface area (TPSA) is 69.6 Å². The van der Waals surface area contributed by atoms with Crippen molar-refractivity contribution in [1.82, 2.24) is 19.5 Å². The van der Waals surface area contributed by atoms with Crippen LogP contribution in [0.3, 0.4) is 0 Å². The Balaban J connectivity index is 2.66. The zero-order chi connectivity index (χ0) is 10.1. The first kappa shape index (κ1) is 8.86. The number of anilines is 1. The fourth-order valence-corrected chi connectivity index (χ4v) is 1.34. The van der Waals surface area contributed by atoms with Crippen LogP contribution >= 0.6 is 0 Å². The lowest BCUT2D eigenvalue weighted by Gasteiger charge is -2.00. The molecular formula is C8H10FN5. The van der Waals surface area contributed by atoms with Gasteiger partial charge in [0.1, 0.15) is 5.52 Å². The van der Waals surface area contributed by atoms with E-state index in [1.165, 1.54) is 0 Å². The van der Waals surface area contributed by atoms with Crippen molar-refractivity contribution in [2.75, 3.05) is 5.73 Å². The SMILES string of the molecule is CCCn1cnc2c(N)nc(F)nc21. The molecule has 0 fully saturated rings. The minimum atomic E-state index is -0.812. The second kappa shape index (κ2) is 3.21. The Hall–Kier alpha value is -1.72. The summed E-state index contributed by atoms with van der Waals surface area (Å²) in [5, 5.41) is 0. The van der Waals surface area contributed by atoms with Crippen LogP contribution in [0.15, 0.2) is 6.33 Å². The van der Waals surface area contributed by atoms with Crippen molar-refractivity contribution in [3.63, 3.8) is 0 Å². The molecule has 0 saturated carbocycles. The van der Waals surface area contributed by atoms with Crippen LogP contribution in [0.1, 0.15) is 13.3 Å². The number of halogens is 1. The van der Waals surface area contributed by atoms with Gasteiger partial charge in [-0.3, -0.25) is 0 Å². The van der Waals surface area contributed by atoms with Crippen molar-refractivity contribution >= 4 is 17.0 Å². The van der Waals surface area contributed by atoms with Crippen LogP contribution < -0.4 is 5.73 Å². The number of nitrogen functional groups attached to an aromatic ring is 1. The minimum absolute atomic E-state index is 0.0855. The van der Waals surface area contributed by atoms with Crippen molar-refractivity contribution in [2.45, 2.75) is 19.9 Å². The number of hydrogen-bond donors (Lipinski definition) is 1. The van der Waals surface area contributed by atoms with Crippen LogP contribution in [0.5, 0.6) is 0 Å². The average Bonchev–Trinajstić information content (AvgIpc) is 2.49. The molecule has 0 aliphatic rings. The lowest BCUT2D eigenvalue weighted by Crippen LogP contribution is -2.01. The fourth-order valence-electron chi connectivity index (χ4n) is 1.34. The molecule has 0 radical (unpaired) electrons. The van der Waals surface area contributed by atoms with E-state index in [0.717, 1.165) is 13.0 Å². The molecule has 2 N–H and O–H groups in total. The summed E-state index contributed by atoms with van der Waals surface area (Å²) in [6.45, 7) is 2.76. The van der Waals surface area contributed by atoms with Crippen LogP contribution in [0, 0.1) is 6.08 Å². The van der Waals surface area contributed by atoms with Crippen molar-refractivity contribution in [2.24, 2.45) is 0 Å². The first-order valence-corrected chi connectivity index (χ1v) is 4.36. The molecule has 6 heteroatoms. The number of rotatable bonds is 2. The minimum Gasteiger partial charge on any atom is -0.382 e. The Morgan fingerprint density at radius 2 is 2.29 bits per heavy atom. The van der Waals surface area contributed by atoms with Gasteiger partial charge in [-0.25, -0.2) is 4.98 Å². The fraction of sp³-hybridized carbons (Fsp3) is 0.375. The molecular weight excluding hydrogens is 185 g/mol. The zero-order valence-corrected chi connectivity index (χ0v) is 7.74. The second-order valence-electron chi connectivity index (χ2n) is 2.99. The number of aryl methyl sites for hydroxylation is 1. The maximum absolute atomic E-state index is 12.9. The number of nitrogens with zero attached hydrogens (tertiary/aromatic N) is 4. The molecule has 2 rings (SSSR count). The number of nitrogens with two attached hydrogens (primary N) is 1. The molecule has 2 aromatic heterocycles. The van der Waals surface area contributed by atoms with Crippen molar-refractivity contribution in [1.29, 1.82) is 0 Å². The van der Waals surface area contributed by atoms with Crippen LogP contribution in [-0.2, 0) is 6.54 Å². The highest BCUT2D eigenvalue weighted by atomic mass is 19.1. The van der Waals surface area contributed by atoms with Gasteiger partial charge in [0.25, 0.3) is 0 Å². The van der Waals surface area contributed by atoms with E-state index in [9.17, 15) is 4.39 Å². The molecule has 0 bridgehead atoms. The van der Waals surface area contributed by atoms with Gasteiger partial charge in [0.15, 0.2) is 11.5 Å². The van der Waals surface area contributed by atoms with Gasteiger partial charge < -0.3 is 10.3 Å². The summed E-state index contributed by atoms with van der Waals surface area (Å²) in [7, 11) is 0. The molecule has 0 saturated heterocycles. The lowest BCUT2D eigenvalue weighted by molar-refractivity contribution is 0.542. The van der Waals surface area contributed by atoms with Gasteiger partial charge in [-0.1, -0.05) is 6.92 Å². The monoisotopic (exact) mass is 195 g/mol. The average molecular weight is 195 g/mol. The van der Waals surface area contributed by atoms with Crippen LogP contribution in [0.2, 0.25) is 0 Å². The summed E-state index contributed by atoms with van der Waals surface area (Å²) in [6.07, 6.45) is 1.71. The van der Waals surface area contributed by atoms with Crippen LogP contribution in [0.25, 0.3) is 11.2 Å². The number of hydrogen-bond acceptors (Lipinski definition) is 4. The first-order valence-electron chi connectivity index (χ1n) is 4.36. The predicted octanol–water partition coefficient (Wildman–Crippen LogP) is 0.958. The van der Waals surface area contributed by atoms with Gasteiger partial charge in [-0.2, -0.15) is 14.4 Å². The van der Waals surface area contributed by atoms with E-state index in [2.05, 4.69) is 15.0 Å². The summed E-state index contributed by atoms with van der Waals surface area (Å²) < 4.78 is 14.6. The van der Waals surface area contributed by atoms with Gasteiger partial charge >= 0.3 is 6.08 Å². The van der Waals surface area contributed by atoms with Gasteiger partial charge in [-0.05, 0) is 6.42 Å². The van der Waals surface area contributed by atoms with E-state index in [0.29, 0.717) is 11.2 Å². The van der Waals surface area contributed by atoms with E-state index in [-0.39, 0.29) is 5.82 Å². The Labute approximate surface area is 79.8 Å². The molecule has 0 atom stereocenters. The smallest absolute Gasteiger partial charge is 0.312 e. The summed E-state index contributed by atoms with van der Waals surface area (Å²) in [5.41, 5.74) is 6.41. The summed E-state index contributed by atoms with van der Waals surface area (Å²) in [4.78, 5) is 11.1. The Morgan fingerprint density at radius 3 is 3.00 bits per heavy atom. The van der Waals surface area contributed by atoms with E-state index in [1.807, 2.05) is 6.92 Å². The Bertz CT molecular complexity index is 464. The highest BCUT2D eigenvalue weighted by Crippen LogP contribution is 2.15. The standard InChI is InChI=1S/C8H10FN5/c1-2-3-14-4-11-5-6(10)12-8(9)13-7(5)14/h4H,2-3H2,1H3,(H2,10,12,13). The molecule has 0 aliphatic heterocycles. The molecule has 2 heterocycles. The maximum atomic E-state index is 12.9. The third-order valence-electron chi connectivity index (χ3n) is 1.93. The lowest BCUT2D eigenvalue weighted by atomic mass is 10.4. The van der Waals surface area contributed by atoms with E-state index >= 15 is 0 Å². The molecule has 5 nitrogen and oxygen atoms in total. The summed E-state index contributed by atoms with van der Waals surface area (Å²) in [6, 6.07) is 0. The van der Waals surface area contributed by atoms with Crippen LogP contribution in [0.4, 0.5) is 10.2 Å². The van der Waals surface area contributed by atoms with E-state index in [4.69, 9.17) is 5.73 Å². The first-order chi connectivity index (χ1) is 6.72. The Kier molecular flexibility index (Phi) is 2.03. The van der Waals surface area contributed by atoms with E-state index in [1.54, 1.807) is 10.9 Å². The zero-order valence-electron chi connectivity index (χ0n) is 7.74. The molecule has 0 spiro atoms. The second-order valence-corrected chi connectivity index (χ2v) is 2.99. The maximum Gasteiger partial charge on any atom is 0.312 e. The largest absolute Gasteiger partial charge is 0.382 e. The van der Waals surface area contributed by atoms with Gasteiger partial charge in [0.05, 0.1) is 6.33 Å². The normalized spacial score (nSPS) is 11.0. The third kappa shape index (κ3) is 1.28. The molecule has 0 amide bonds. The highest BCUT2D eigenvalue weighted by molar-refractivity contribution is 5.81. The van der Waals surface area contributed by atoms with Gasteiger partial charge in [0.2, 0.25) is 0 Å². The number of aromatic nitrogens is 4. The number of fused-ring (bicyclic) bond motifs is 1. The van der Waals surface area contributed by atoms with Crippen molar-refractivity contribution in [3.8, 4) is 0 Å². The third-order valence-corrected chi connectivity index (χ3v) is 1.93. The highest BCUT2D eigenvalue weighted by Gasteiger charge is 2.09. The number of imidazole rings is 1.